The monoisotopic (exact) mass is 413 g/mol. The van der Waals surface area contributed by atoms with Crippen molar-refractivity contribution < 1.29 is 19.0 Å². The number of halogens is 1. The van der Waals surface area contributed by atoms with Crippen LogP contribution >= 0.6 is 0 Å². The molecule has 0 atom stereocenters. The number of aliphatic carboxylic acids is 1. The lowest BCUT2D eigenvalue weighted by Crippen LogP contribution is -2.52. The Labute approximate surface area is 176 Å². The molecule has 1 fully saturated rings. The Morgan fingerprint density at radius 1 is 1.27 bits per heavy atom. The lowest BCUT2D eigenvalue weighted by atomic mass is 9.93. The summed E-state index contributed by atoms with van der Waals surface area (Å²) in [6.07, 6.45) is 9.06. The summed E-state index contributed by atoms with van der Waals surface area (Å²) in [7, 11) is 0. The molecule has 0 spiro atoms. The Morgan fingerprint density at radius 3 is 2.67 bits per heavy atom. The summed E-state index contributed by atoms with van der Waals surface area (Å²) in [5, 5.41) is 9.39. The van der Waals surface area contributed by atoms with Gasteiger partial charge in [-0.05, 0) is 39.0 Å². The molecule has 0 saturated carbocycles. The van der Waals surface area contributed by atoms with Gasteiger partial charge in [-0.25, -0.2) is 9.38 Å². The minimum absolute atomic E-state index is 0.366. The predicted molar refractivity (Wildman–Crippen MR) is 115 cm³/mol. The Kier molecular flexibility index (Phi) is 6.72. The van der Waals surface area contributed by atoms with Crippen LogP contribution in [0.4, 0.5) is 4.39 Å². The number of piperazine rings is 1. The first-order chi connectivity index (χ1) is 14.3. The fourth-order valence-corrected chi connectivity index (χ4v) is 3.44. The van der Waals surface area contributed by atoms with Crippen LogP contribution in [-0.4, -0.2) is 59.4 Å². The van der Waals surface area contributed by atoms with E-state index in [4.69, 9.17) is 9.73 Å². The SMILES string of the molecule is C/C=C\C=C/C1=COc2cc(F)ccc2C(N2CCN(CC(C)(C)C(=O)O)CC2)=N1. The van der Waals surface area contributed by atoms with Crippen LogP contribution in [0.15, 0.2) is 59.5 Å². The fourth-order valence-electron chi connectivity index (χ4n) is 3.44. The van der Waals surface area contributed by atoms with Crippen molar-refractivity contribution in [2.75, 3.05) is 32.7 Å². The highest BCUT2D eigenvalue weighted by atomic mass is 19.1. The Bertz CT molecular complexity index is 910. The van der Waals surface area contributed by atoms with Gasteiger partial charge in [0.25, 0.3) is 0 Å². The first-order valence-electron chi connectivity index (χ1n) is 10.1. The third-order valence-corrected chi connectivity index (χ3v) is 5.17. The van der Waals surface area contributed by atoms with Gasteiger partial charge < -0.3 is 14.7 Å². The molecule has 3 rings (SSSR count). The van der Waals surface area contributed by atoms with Crippen LogP contribution in [0.1, 0.15) is 26.3 Å². The van der Waals surface area contributed by atoms with E-state index in [1.54, 1.807) is 19.9 Å². The van der Waals surface area contributed by atoms with Crippen LogP contribution in [0.2, 0.25) is 0 Å². The van der Waals surface area contributed by atoms with Crippen molar-refractivity contribution in [1.82, 2.24) is 9.80 Å². The van der Waals surface area contributed by atoms with E-state index in [1.807, 2.05) is 31.2 Å². The summed E-state index contributed by atoms with van der Waals surface area (Å²) in [5.74, 6) is -0.00218. The number of benzene rings is 1. The largest absolute Gasteiger partial charge is 0.481 e. The van der Waals surface area contributed by atoms with Gasteiger partial charge in [-0.2, -0.15) is 0 Å². The molecule has 1 saturated heterocycles. The van der Waals surface area contributed by atoms with E-state index < -0.39 is 11.4 Å². The van der Waals surface area contributed by atoms with E-state index in [0.717, 1.165) is 24.5 Å². The average Bonchev–Trinajstić information content (AvgIpc) is 2.88. The summed E-state index contributed by atoms with van der Waals surface area (Å²) < 4.78 is 19.5. The standard InChI is InChI=1S/C23H28FN3O3/c1-4-5-6-7-18-15-30-20-14-17(24)8-9-19(20)21(25-18)27-12-10-26(11-13-27)16-23(2,3)22(28)29/h4-9,14-15H,10-13,16H2,1-3H3,(H,28,29)/b5-4-,7-6-. The van der Waals surface area contributed by atoms with E-state index in [9.17, 15) is 14.3 Å². The zero-order valence-electron chi connectivity index (χ0n) is 17.6. The predicted octanol–water partition coefficient (Wildman–Crippen LogP) is 3.67. The topological polar surface area (TPSA) is 65.4 Å². The van der Waals surface area contributed by atoms with Crippen molar-refractivity contribution in [3.8, 4) is 5.75 Å². The number of fused-ring (bicyclic) bond motifs is 1. The molecule has 0 amide bonds. The number of aliphatic imine (C=N–C) groups is 1. The van der Waals surface area contributed by atoms with E-state index in [-0.39, 0.29) is 5.82 Å². The maximum absolute atomic E-state index is 13.8. The molecule has 30 heavy (non-hydrogen) atoms. The number of amidine groups is 1. The highest BCUT2D eigenvalue weighted by Crippen LogP contribution is 2.27. The van der Waals surface area contributed by atoms with Crippen LogP contribution in [-0.2, 0) is 4.79 Å². The Hall–Kier alpha value is -2.93. The van der Waals surface area contributed by atoms with Gasteiger partial charge in [-0.3, -0.25) is 9.69 Å². The number of nitrogens with zero attached hydrogens (tertiary/aromatic N) is 3. The molecule has 160 valence electrons. The molecule has 1 N–H and O–H groups in total. The molecule has 0 aromatic heterocycles. The van der Waals surface area contributed by atoms with E-state index in [1.165, 1.54) is 18.4 Å². The summed E-state index contributed by atoms with van der Waals surface area (Å²) in [6, 6.07) is 4.46. The molecular weight excluding hydrogens is 385 g/mol. The van der Waals surface area contributed by atoms with Crippen LogP contribution in [0.25, 0.3) is 0 Å². The fraction of sp³-hybridized carbons (Fsp3) is 0.391. The van der Waals surface area contributed by atoms with Crippen LogP contribution in [0.5, 0.6) is 5.75 Å². The second-order valence-electron chi connectivity index (χ2n) is 8.07. The molecule has 0 unspecified atom stereocenters. The third kappa shape index (κ3) is 5.16. The third-order valence-electron chi connectivity index (χ3n) is 5.17. The number of ether oxygens (including phenoxy) is 1. The van der Waals surface area contributed by atoms with Crippen molar-refractivity contribution >= 4 is 11.8 Å². The maximum atomic E-state index is 13.8. The quantitative estimate of drug-likeness (QED) is 0.747. The van der Waals surface area contributed by atoms with E-state index >= 15 is 0 Å². The second kappa shape index (κ2) is 9.26. The molecule has 0 aliphatic carbocycles. The molecule has 1 aromatic carbocycles. The van der Waals surface area contributed by atoms with Gasteiger partial charge in [0.15, 0.2) is 0 Å². The summed E-state index contributed by atoms with van der Waals surface area (Å²) in [6.45, 7) is 8.74. The Morgan fingerprint density at radius 2 is 2.00 bits per heavy atom. The number of carbonyl (C=O) groups is 1. The van der Waals surface area contributed by atoms with Gasteiger partial charge in [-0.1, -0.05) is 18.2 Å². The van der Waals surface area contributed by atoms with Crippen molar-refractivity contribution in [2.24, 2.45) is 10.4 Å². The van der Waals surface area contributed by atoms with Crippen molar-refractivity contribution in [1.29, 1.82) is 0 Å². The molecule has 2 aliphatic rings. The van der Waals surface area contributed by atoms with Crippen LogP contribution < -0.4 is 4.74 Å². The molecule has 7 heteroatoms. The van der Waals surface area contributed by atoms with E-state index in [2.05, 4.69) is 9.80 Å². The summed E-state index contributed by atoms with van der Waals surface area (Å²) >= 11 is 0. The zero-order chi connectivity index (χ0) is 21.7. The molecule has 1 aromatic rings. The van der Waals surface area contributed by atoms with Gasteiger partial charge in [0, 0.05) is 38.8 Å². The molecule has 2 aliphatic heterocycles. The maximum Gasteiger partial charge on any atom is 0.310 e. The number of hydrogen-bond donors (Lipinski definition) is 1. The molecule has 2 heterocycles. The normalized spacial score (nSPS) is 18.1. The number of allylic oxidation sites excluding steroid dienone is 4. The van der Waals surface area contributed by atoms with E-state index in [0.29, 0.717) is 31.1 Å². The second-order valence-corrected chi connectivity index (χ2v) is 8.07. The molecular formula is C23H28FN3O3. The van der Waals surface area contributed by atoms with Gasteiger partial charge in [0.05, 0.1) is 11.0 Å². The van der Waals surface area contributed by atoms with Gasteiger partial charge in [0.2, 0.25) is 0 Å². The lowest BCUT2D eigenvalue weighted by molar-refractivity contribution is -0.148. The van der Waals surface area contributed by atoms with Gasteiger partial charge in [-0.15, -0.1) is 0 Å². The highest BCUT2D eigenvalue weighted by molar-refractivity contribution is 6.02. The number of carboxylic acid groups (broad SMARTS) is 1. The lowest BCUT2D eigenvalue weighted by Gasteiger charge is -2.39. The van der Waals surface area contributed by atoms with Crippen molar-refractivity contribution in [2.45, 2.75) is 20.8 Å². The number of carboxylic acids is 1. The van der Waals surface area contributed by atoms with Gasteiger partial charge >= 0.3 is 5.97 Å². The highest BCUT2D eigenvalue weighted by Gasteiger charge is 2.32. The number of rotatable bonds is 5. The first kappa shape index (κ1) is 21.8. The smallest absolute Gasteiger partial charge is 0.310 e. The zero-order valence-corrected chi connectivity index (χ0v) is 17.6. The first-order valence-corrected chi connectivity index (χ1v) is 10.1. The van der Waals surface area contributed by atoms with Crippen LogP contribution in [0, 0.1) is 11.2 Å². The number of hydrogen-bond acceptors (Lipinski definition) is 5. The Balaban J connectivity index is 1.82. The average molecular weight is 413 g/mol. The van der Waals surface area contributed by atoms with Crippen molar-refractivity contribution in [3.05, 3.63) is 65.8 Å². The minimum Gasteiger partial charge on any atom is -0.481 e. The molecule has 0 radical (unpaired) electrons. The van der Waals surface area contributed by atoms with Crippen molar-refractivity contribution in [3.63, 3.8) is 0 Å². The minimum atomic E-state index is -0.798. The van der Waals surface area contributed by atoms with Gasteiger partial charge in [0.1, 0.15) is 29.4 Å². The summed E-state index contributed by atoms with van der Waals surface area (Å²) in [4.78, 5) is 20.5. The summed E-state index contributed by atoms with van der Waals surface area (Å²) in [5.41, 5.74) is 0.573. The molecule has 6 nitrogen and oxygen atoms in total. The molecule has 0 bridgehead atoms. The van der Waals surface area contributed by atoms with Crippen LogP contribution in [0.3, 0.4) is 0 Å².